The van der Waals surface area contributed by atoms with Crippen molar-refractivity contribution in [3.05, 3.63) is 0 Å². The molecule has 63 heavy (non-hydrogen) atoms. The molecule has 0 fully saturated rings. The highest BCUT2D eigenvalue weighted by Gasteiger charge is 2.19. The number of hydrogen-bond donors (Lipinski definition) is 0. The summed E-state index contributed by atoms with van der Waals surface area (Å²) in [4.78, 5) is 37.8. The number of unbranched alkanes of at least 4 members (excludes halogenated alkanes) is 38. The van der Waals surface area contributed by atoms with E-state index in [-0.39, 0.29) is 31.1 Å². The number of carbonyl (C=O) groups excluding carboxylic acids is 3. The van der Waals surface area contributed by atoms with Crippen LogP contribution < -0.4 is 0 Å². The van der Waals surface area contributed by atoms with Crippen LogP contribution in [0.25, 0.3) is 0 Å². The average Bonchev–Trinajstić information content (AvgIpc) is 3.28. The van der Waals surface area contributed by atoms with E-state index in [2.05, 4.69) is 27.7 Å². The number of rotatable bonds is 52. The van der Waals surface area contributed by atoms with Crippen molar-refractivity contribution >= 4 is 17.9 Å². The SMILES string of the molecule is CCCCCCCCCCCCCCCCCCCCC(=O)O[C@H](COC(=O)CCCCCCC)COC(=O)CCCCCCCCCCCCCCCCCCCCC(C)CC. The second kappa shape index (κ2) is 51.4. The van der Waals surface area contributed by atoms with Gasteiger partial charge in [-0.2, -0.15) is 0 Å². The van der Waals surface area contributed by atoms with Crippen molar-refractivity contribution in [3.63, 3.8) is 0 Å². The summed E-state index contributed by atoms with van der Waals surface area (Å²) in [7, 11) is 0. The fourth-order valence-corrected chi connectivity index (χ4v) is 8.72. The van der Waals surface area contributed by atoms with Gasteiger partial charge in [-0.3, -0.25) is 14.4 Å². The second-order valence-electron chi connectivity index (χ2n) is 19.8. The van der Waals surface area contributed by atoms with Crippen molar-refractivity contribution in [1.29, 1.82) is 0 Å². The molecule has 0 aliphatic heterocycles. The minimum atomic E-state index is -0.759. The number of esters is 3. The zero-order chi connectivity index (χ0) is 45.9. The van der Waals surface area contributed by atoms with E-state index in [0.29, 0.717) is 19.3 Å². The van der Waals surface area contributed by atoms with E-state index in [4.69, 9.17) is 14.2 Å². The zero-order valence-corrected chi connectivity index (χ0v) is 43.0. The molecule has 6 heteroatoms. The normalized spacial score (nSPS) is 12.4. The largest absolute Gasteiger partial charge is 0.462 e. The third-order valence-corrected chi connectivity index (χ3v) is 13.4. The van der Waals surface area contributed by atoms with Gasteiger partial charge in [0.1, 0.15) is 13.2 Å². The molecule has 0 rings (SSSR count). The summed E-state index contributed by atoms with van der Waals surface area (Å²) >= 11 is 0. The molecule has 0 saturated heterocycles. The van der Waals surface area contributed by atoms with Gasteiger partial charge in [0, 0.05) is 19.3 Å². The van der Waals surface area contributed by atoms with Gasteiger partial charge in [-0.1, -0.05) is 285 Å². The summed E-state index contributed by atoms with van der Waals surface area (Å²) in [5.41, 5.74) is 0. The standard InChI is InChI=1S/C57H110O6/c1-5-8-10-12-13-14-15-16-17-18-22-26-29-32-35-38-42-46-50-57(60)63-54(51-61-55(58)48-44-39-11-9-6-2)52-62-56(59)49-45-41-37-34-31-28-25-23-20-19-21-24-27-30-33-36-40-43-47-53(4)7-3/h53-54H,5-52H2,1-4H3/t53?,54-/m1/s1. The molecule has 0 radical (unpaired) electrons. The molecule has 0 aromatic heterocycles. The first kappa shape index (κ1) is 61.4. The van der Waals surface area contributed by atoms with E-state index in [1.165, 1.54) is 212 Å². The predicted molar refractivity (Wildman–Crippen MR) is 270 cm³/mol. The maximum Gasteiger partial charge on any atom is 0.306 e. The molecule has 0 spiro atoms. The first-order chi connectivity index (χ1) is 30.9. The van der Waals surface area contributed by atoms with Crippen LogP contribution in [0.4, 0.5) is 0 Å². The first-order valence-corrected chi connectivity index (χ1v) is 28.4. The Morgan fingerprint density at radius 2 is 0.556 bits per heavy atom. The van der Waals surface area contributed by atoms with Gasteiger partial charge in [0.15, 0.2) is 6.10 Å². The van der Waals surface area contributed by atoms with Gasteiger partial charge in [0.05, 0.1) is 0 Å². The monoisotopic (exact) mass is 891 g/mol. The van der Waals surface area contributed by atoms with E-state index in [1.807, 2.05) is 0 Å². The highest BCUT2D eigenvalue weighted by molar-refractivity contribution is 5.71. The summed E-state index contributed by atoms with van der Waals surface area (Å²) in [5.74, 6) is 0.0564. The van der Waals surface area contributed by atoms with Gasteiger partial charge in [0.2, 0.25) is 0 Å². The molecule has 0 amide bonds. The van der Waals surface area contributed by atoms with E-state index in [1.54, 1.807) is 0 Å². The molecule has 0 aliphatic rings. The summed E-state index contributed by atoms with van der Waals surface area (Å²) in [6.45, 7) is 9.02. The molecular weight excluding hydrogens is 781 g/mol. The van der Waals surface area contributed by atoms with Crippen LogP contribution in [-0.4, -0.2) is 37.2 Å². The smallest absolute Gasteiger partial charge is 0.306 e. The molecule has 0 saturated carbocycles. The fourth-order valence-electron chi connectivity index (χ4n) is 8.72. The lowest BCUT2D eigenvalue weighted by atomic mass is 9.99. The third kappa shape index (κ3) is 49.7. The van der Waals surface area contributed by atoms with Crippen LogP contribution in [0.5, 0.6) is 0 Å². The Morgan fingerprint density at radius 3 is 0.825 bits per heavy atom. The lowest BCUT2D eigenvalue weighted by molar-refractivity contribution is -0.167. The quantitative estimate of drug-likeness (QED) is 0.0344. The molecule has 0 N–H and O–H groups in total. The number of ether oxygens (including phenoxy) is 3. The molecule has 1 unspecified atom stereocenters. The highest BCUT2D eigenvalue weighted by atomic mass is 16.6. The van der Waals surface area contributed by atoms with Crippen molar-refractivity contribution < 1.29 is 28.6 Å². The van der Waals surface area contributed by atoms with Crippen molar-refractivity contribution in [2.75, 3.05) is 13.2 Å². The minimum Gasteiger partial charge on any atom is -0.462 e. The van der Waals surface area contributed by atoms with Gasteiger partial charge in [-0.05, 0) is 25.2 Å². The summed E-state index contributed by atoms with van der Waals surface area (Å²) < 4.78 is 16.7. The van der Waals surface area contributed by atoms with Crippen molar-refractivity contribution in [2.24, 2.45) is 5.92 Å². The van der Waals surface area contributed by atoms with Crippen molar-refractivity contribution in [2.45, 2.75) is 329 Å². The molecule has 0 aliphatic carbocycles. The number of hydrogen-bond acceptors (Lipinski definition) is 6. The molecule has 2 atom stereocenters. The first-order valence-electron chi connectivity index (χ1n) is 28.4. The molecule has 0 aromatic carbocycles. The van der Waals surface area contributed by atoms with E-state index < -0.39 is 6.10 Å². The summed E-state index contributed by atoms with van der Waals surface area (Å²) in [6, 6.07) is 0. The van der Waals surface area contributed by atoms with Crippen LogP contribution in [-0.2, 0) is 28.6 Å². The number of carbonyl (C=O) groups is 3. The molecule has 0 heterocycles. The van der Waals surface area contributed by atoms with Crippen LogP contribution in [0.1, 0.15) is 323 Å². The van der Waals surface area contributed by atoms with Gasteiger partial charge >= 0.3 is 17.9 Å². The van der Waals surface area contributed by atoms with Gasteiger partial charge in [-0.25, -0.2) is 0 Å². The topological polar surface area (TPSA) is 78.9 Å². The van der Waals surface area contributed by atoms with Crippen LogP contribution in [0, 0.1) is 5.92 Å². The molecular formula is C57H110O6. The molecule has 374 valence electrons. The maximum absolute atomic E-state index is 12.8. The minimum absolute atomic E-state index is 0.0633. The van der Waals surface area contributed by atoms with E-state index in [9.17, 15) is 14.4 Å². The Balaban J connectivity index is 4.03. The van der Waals surface area contributed by atoms with Crippen molar-refractivity contribution in [1.82, 2.24) is 0 Å². The Kier molecular flexibility index (Phi) is 50.1. The van der Waals surface area contributed by atoms with Crippen LogP contribution in [0.3, 0.4) is 0 Å². The highest BCUT2D eigenvalue weighted by Crippen LogP contribution is 2.18. The lowest BCUT2D eigenvalue weighted by Crippen LogP contribution is -2.30. The van der Waals surface area contributed by atoms with Gasteiger partial charge in [-0.15, -0.1) is 0 Å². The Labute approximate surface area is 393 Å². The van der Waals surface area contributed by atoms with Gasteiger partial charge in [0.25, 0.3) is 0 Å². The lowest BCUT2D eigenvalue weighted by Gasteiger charge is -2.18. The van der Waals surface area contributed by atoms with E-state index >= 15 is 0 Å². The zero-order valence-electron chi connectivity index (χ0n) is 43.0. The Bertz CT molecular complexity index is 951. The fraction of sp³-hybridized carbons (Fsp3) is 0.947. The van der Waals surface area contributed by atoms with Gasteiger partial charge < -0.3 is 14.2 Å². The molecule has 6 nitrogen and oxygen atoms in total. The Hall–Kier alpha value is -1.59. The maximum atomic E-state index is 12.8. The molecule has 0 bridgehead atoms. The van der Waals surface area contributed by atoms with Crippen LogP contribution >= 0.6 is 0 Å². The van der Waals surface area contributed by atoms with Crippen molar-refractivity contribution in [3.8, 4) is 0 Å². The van der Waals surface area contributed by atoms with Crippen LogP contribution in [0.15, 0.2) is 0 Å². The second-order valence-corrected chi connectivity index (χ2v) is 19.8. The van der Waals surface area contributed by atoms with Crippen LogP contribution in [0.2, 0.25) is 0 Å². The van der Waals surface area contributed by atoms with E-state index in [0.717, 1.165) is 70.1 Å². The average molecular weight is 892 g/mol. The Morgan fingerprint density at radius 1 is 0.317 bits per heavy atom. The summed E-state index contributed by atoms with van der Waals surface area (Å²) in [6.07, 6.45) is 55.6. The third-order valence-electron chi connectivity index (χ3n) is 13.4. The molecule has 0 aromatic rings. The summed E-state index contributed by atoms with van der Waals surface area (Å²) in [5, 5.41) is 0. The predicted octanol–water partition coefficient (Wildman–Crippen LogP) is 18.6.